The number of alkyl halides is 6. The maximum atomic E-state index is 12.8. The van der Waals surface area contributed by atoms with Crippen molar-refractivity contribution in [3.63, 3.8) is 0 Å². The predicted octanol–water partition coefficient (Wildman–Crippen LogP) is 10.4. The number of piperidine rings is 2. The maximum absolute atomic E-state index is 12.8. The number of aromatic nitrogens is 4. The van der Waals surface area contributed by atoms with Crippen molar-refractivity contribution in [3.05, 3.63) is 38.6 Å². The minimum atomic E-state index is -4.32. The first-order valence-corrected chi connectivity index (χ1v) is 20.6. The Bertz CT molecular complexity index is 2160. The Hall–Kier alpha value is -4.42. The Morgan fingerprint density at radius 1 is 0.729 bits per heavy atom. The van der Waals surface area contributed by atoms with Crippen molar-refractivity contribution in [1.82, 2.24) is 29.7 Å². The number of fused-ring (bicyclic) bond motifs is 2. The first kappa shape index (κ1) is 45.7. The molecule has 6 rings (SSSR count). The second-order valence-corrected chi connectivity index (χ2v) is 18.6. The Balaban J connectivity index is 0.000000224. The fourth-order valence-corrected chi connectivity index (χ4v) is 8.53. The van der Waals surface area contributed by atoms with Crippen molar-refractivity contribution in [3.8, 4) is 0 Å². The van der Waals surface area contributed by atoms with Gasteiger partial charge < -0.3 is 34.8 Å². The zero-order valence-corrected chi connectivity index (χ0v) is 35.5. The second kappa shape index (κ2) is 18.1. The normalized spacial score (nSPS) is 16.1. The smallest absolute Gasteiger partial charge is 0.410 e. The van der Waals surface area contributed by atoms with Gasteiger partial charge in [0.05, 0.1) is 23.6 Å². The minimum absolute atomic E-state index is 0.00817. The molecule has 2 fully saturated rings. The maximum Gasteiger partial charge on any atom is 0.410 e. The highest BCUT2D eigenvalue weighted by atomic mass is 35.5. The number of carbonyl (C=O) groups is 2. The van der Waals surface area contributed by atoms with Gasteiger partial charge in [-0.05, 0) is 91.0 Å². The van der Waals surface area contributed by atoms with E-state index in [1.807, 2.05) is 41.5 Å². The first-order valence-electron chi connectivity index (χ1n) is 18.6. The molecule has 0 saturated carbocycles. The molecule has 6 heterocycles. The number of ether oxygens (including phenoxy) is 2. The molecule has 2 amide bonds. The lowest BCUT2D eigenvalue weighted by Gasteiger charge is -2.34. The lowest BCUT2D eigenvalue weighted by Crippen LogP contribution is -2.44. The Kier molecular flexibility index (Phi) is 14.0. The van der Waals surface area contributed by atoms with E-state index in [0.29, 0.717) is 83.9 Å². The van der Waals surface area contributed by atoms with E-state index >= 15 is 0 Å². The molecule has 4 aromatic heterocycles. The number of nitrogens with one attached hydrogen (secondary N) is 2. The van der Waals surface area contributed by atoms with Gasteiger partial charge in [-0.2, -0.15) is 26.3 Å². The summed E-state index contributed by atoms with van der Waals surface area (Å²) in [5.41, 5.74) is -1.12. The van der Waals surface area contributed by atoms with E-state index in [1.165, 1.54) is 12.1 Å². The number of nitrogens with zero attached hydrogens (tertiary/aromatic N) is 7. The summed E-state index contributed by atoms with van der Waals surface area (Å²) in [6, 6.07) is 2.86. The summed E-state index contributed by atoms with van der Waals surface area (Å²) in [5, 5.41) is 7.47. The zero-order valence-electron chi connectivity index (χ0n) is 33.1. The number of anilines is 2. The molecule has 2 saturated heterocycles. The number of hydrogen-bond acceptors (Lipinski definition) is 12. The summed E-state index contributed by atoms with van der Waals surface area (Å²) in [6.07, 6.45) is -8.83. The predicted molar refractivity (Wildman–Crippen MR) is 215 cm³/mol. The topological polar surface area (TPSA) is 139 Å². The van der Waals surface area contributed by atoms with Crippen LogP contribution in [0.5, 0.6) is 0 Å². The highest BCUT2D eigenvalue weighted by molar-refractivity contribution is 7.19. The number of amides is 2. The minimum Gasteiger partial charge on any atom is -0.444 e. The molecule has 13 nitrogen and oxygen atoms in total. The van der Waals surface area contributed by atoms with Crippen LogP contribution in [0.3, 0.4) is 0 Å². The van der Waals surface area contributed by atoms with Crippen LogP contribution < -0.4 is 10.6 Å². The molecule has 2 aliphatic heterocycles. The van der Waals surface area contributed by atoms with Crippen molar-refractivity contribution in [2.75, 3.05) is 36.8 Å². The molecule has 0 spiro atoms. The molecule has 0 aromatic carbocycles. The van der Waals surface area contributed by atoms with Gasteiger partial charge in [-0.25, -0.2) is 19.6 Å². The average molecular weight is 892 g/mol. The summed E-state index contributed by atoms with van der Waals surface area (Å²) in [5.74, 6) is 0.656. The molecule has 2 N–H and O–H groups in total. The summed E-state index contributed by atoms with van der Waals surface area (Å²) < 4.78 is 87.2. The molecule has 2 aliphatic rings. The third-order valence-electron chi connectivity index (χ3n) is 8.67. The molecule has 59 heavy (non-hydrogen) atoms. The van der Waals surface area contributed by atoms with Gasteiger partial charge >= 0.3 is 30.5 Å². The highest BCUT2D eigenvalue weighted by Gasteiger charge is 2.33. The summed E-state index contributed by atoms with van der Waals surface area (Å²) in [4.78, 5) is 48.4. The van der Waals surface area contributed by atoms with Gasteiger partial charge in [0.15, 0.2) is 10.6 Å². The number of carbonyl (C=O) groups excluding carboxylic acids is 2. The van der Waals surface area contributed by atoms with Gasteiger partial charge in [0, 0.05) is 48.0 Å². The molecular formula is C37H44ClF6N9O4S2. The zero-order chi connectivity index (χ0) is 43.5. The van der Waals surface area contributed by atoms with E-state index in [2.05, 4.69) is 35.4 Å². The van der Waals surface area contributed by atoms with E-state index < -0.39 is 36.4 Å². The van der Waals surface area contributed by atoms with Crippen LogP contribution in [0.25, 0.3) is 25.3 Å². The fraction of sp³-hybridized carbons (Fsp3) is 0.595. The number of hydrogen-bond donors (Lipinski definition) is 2. The molecule has 0 unspecified atom stereocenters. The van der Waals surface area contributed by atoms with E-state index in [1.54, 1.807) is 9.80 Å². The van der Waals surface area contributed by atoms with Gasteiger partial charge in [-0.3, -0.25) is 0 Å². The Morgan fingerprint density at radius 3 is 1.49 bits per heavy atom. The molecule has 0 bridgehead atoms. The van der Waals surface area contributed by atoms with Gasteiger partial charge in [0.1, 0.15) is 21.9 Å². The summed E-state index contributed by atoms with van der Waals surface area (Å²) in [6.45, 7) is 20.0. The van der Waals surface area contributed by atoms with Crippen LogP contribution in [0.4, 0.5) is 53.5 Å². The molecule has 22 heteroatoms. The quantitative estimate of drug-likeness (QED) is 0.109. The van der Waals surface area contributed by atoms with Crippen LogP contribution in [-0.2, 0) is 22.3 Å². The molecule has 4 aromatic rings. The Morgan fingerprint density at radius 2 is 1.12 bits per heavy atom. The third kappa shape index (κ3) is 13.8. The van der Waals surface area contributed by atoms with Crippen LogP contribution in [0.2, 0.25) is 5.28 Å². The SMILES string of the molecule is CC(C)(C)OC(=O)N1CCC(Nc2nc(Cl)nc3sc(CC(F)(F)F)cc23)CC1.[C-]#[N+]c1nc(NC2CCN(C(=O)OC(C)(C)C)CC2)c2cc(CC(F)(F)F)sc2n1. The van der Waals surface area contributed by atoms with Gasteiger partial charge in [-0.15, -0.1) is 39.2 Å². The molecule has 0 radical (unpaired) electrons. The number of rotatable bonds is 6. The lowest BCUT2D eigenvalue weighted by atomic mass is 10.1. The number of thiophene rings is 2. The third-order valence-corrected chi connectivity index (χ3v) is 10.9. The van der Waals surface area contributed by atoms with Crippen LogP contribution in [0.1, 0.15) is 77.0 Å². The van der Waals surface area contributed by atoms with E-state index in [0.717, 1.165) is 22.7 Å². The van der Waals surface area contributed by atoms with Gasteiger partial charge in [0.25, 0.3) is 0 Å². The number of likely N-dealkylation sites (tertiary alicyclic amines) is 2. The largest absolute Gasteiger partial charge is 0.444 e. The number of halogens is 7. The van der Waals surface area contributed by atoms with Crippen LogP contribution >= 0.6 is 34.3 Å². The highest BCUT2D eigenvalue weighted by Crippen LogP contribution is 2.36. The monoisotopic (exact) mass is 891 g/mol. The van der Waals surface area contributed by atoms with E-state index in [4.69, 9.17) is 27.6 Å². The van der Waals surface area contributed by atoms with Crippen molar-refractivity contribution >= 4 is 84.5 Å². The van der Waals surface area contributed by atoms with Crippen LogP contribution in [-0.4, -0.2) is 104 Å². The molecule has 0 aliphatic carbocycles. The van der Waals surface area contributed by atoms with Crippen LogP contribution in [0, 0.1) is 6.57 Å². The first-order chi connectivity index (χ1) is 27.3. The standard InChI is InChI=1S/C19H22F3N5O2S.C18H22ClF3N4O2S/c1-18(2,3)29-17(28)27-7-5-11(6-8-27)24-14-13-9-12(10-19(20,21)22)30-15(13)26-16(23-4)25-14;1-17(2,3)28-16(27)26-6-4-10(5-7-26)23-13-12-8-11(9-18(20,21)22)29-14(12)25-15(19)24-13/h9,11H,5-8,10H2,1-3H3,(H,24,25,26);8,10H,4-7,9H2,1-3H3,(H,23,24,25). The van der Waals surface area contributed by atoms with Gasteiger partial charge in [-0.1, -0.05) is 0 Å². The van der Waals surface area contributed by atoms with Crippen molar-refractivity contribution in [2.24, 2.45) is 0 Å². The van der Waals surface area contributed by atoms with Crippen molar-refractivity contribution in [1.29, 1.82) is 0 Å². The fourth-order valence-electron chi connectivity index (χ4n) is 6.20. The van der Waals surface area contributed by atoms with E-state index in [9.17, 15) is 35.9 Å². The molecule has 0 atom stereocenters. The van der Waals surface area contributed by atoms with Crippen molar-refractivity contribution < 1.29 is 45.4 Å². The Labute approximate surface area is 349 Å². The average Bonchev–Trinajstić information content (AvgIpc) is 3.68. The van der Waals surface area contributed by atoms with Crippen LogP contribution in [0.15, 0.2) is 12.1 Å². The van der Waals surface area contributed by atoms with Crippen molar-refractivity contribution in [2.45, 2.75) is 116 Å². The summed E-state index contributed by atoms with van der Waals surface area (Å²) in [7, 11) is 0. The molecule has 322 valence electrons. The summed E-state index contributed by atoms with van der Waals surface area (Å²) >= 11 is 7.84. The second-order valence-electron chi connectivity index (χ2n) is 16.0. The van der Waals surface area contributed by atoms with Gasteiger partial charge in [0.2, 0.25) is 5.28 Å². The molecular weight excluding hydrogens is 848 g/mol. The van der Waals surface area contributed by atoms with E-state index in [-0.39, 0.29) is 45.3 Å². The lowest BCUT2D eigenvalue weighted by molar-refractivity contribution is -0.127.